The Kier molecular flexibility index (Phi) is 4.11. The molecule has 0 bridgehead atoms. The number of ether oxygens (including phenoxy) is 1. The van der Waals surface area contributed by atoms with Gasteiger partial charge in [0, 0.05) is 0 Å². The van der Waals surface area contributed by atoms with E-state index in [0.29, 0.717) is 16.6 Å². The van der Waals surface area contributed by atoms with Crippen molar-refractivity contribution >= 4 is 34.1 Å². The number of hydrogen-bond donors (Lipinski definition) is 3. The average molecular weight is 333 g/mol. The number of benzene rings is 1. The van der Waals surface area contributed by atoms with Crippen LogP contribution in [0.5, 0.6) is 5.75 Å². The van der Waals surface area contributed by atoms with Gasteiger partial charge in [0.05, 0.1) is 11.7 Å². The van der Waals surface area contributed by atoms with Gasteiger partial charge < -0.3 is 15.4 Å². The number of anilines is 2. The van der Waals surface area contributed by atoms with Crippen LogP contribution in [0.4, 0.5) is 15.6 Å². The first-order valence-corrected chi connectivity index (χ1v) is 7.77. The summed E-state index contributed by atoms with van der Waals surface area (Å²) in [6.45, 7) is 3.68. The van der Waals surface area contributed by atoms with Crippen LogP contribution in [-0.2, 0) is 4.79 Å². The lowest BCUT2D eigenvalue weighted by atomic mass is 10.1. The Morgan fingerprint density at radius 1 is 1.43 bits per heavy atom. The minimum atomic E-state index is -0.369. The second kappa shape index (κ2) is 6.21. The molecule has 1 atom stereocenters. The number of fused-ring (bicyclic) bond motifs is 1. The Balaban J connectivity index is 1.66. The number of aryl methyl sites for hydroxylation is 1. The predicted octanol–water partition coefficient (Wildman–Crippen LogP) is 2.06. The third kappa shape index (κ3) is 3.57. The second-order valence-electron chi connectivity index (χ2n) is 5.04. The highest BCUT2D eigenvalue weighted by atomic mass is 32.1. The summed E-state index contributed by atoms with van der Waals surface area (Å²) in [5.74, 6) is 0.425. The summed E-state index contributed by atoms with van der Waals surface area (Å²) in [5, 5.41) is 17.1. The molecule has 3 rings (SSSR count). The fourth-order valence-corrected chi connectivity index (χ4v) is 2.72. The first kappa shape index (κ1) is 15.2. The molecule has 0 aliphatic carbocycles. The van der Waals surface area contributed by atoms with Crippen LogP contribution in [0.15, 0.2) is 18.2 Å². The molecule has 120 valence electrons. The molecule has 1 aliphatic heterocycles. The monoisotopic (exact) mass is 333 g/mol. The van der Waals surface area contributed by atoms with Crippen LogP contribution in [0.25, 0.3) is 0 Å². The highest BCUT2D eigenvalue weighted by Gasteiger charge is 2.18. The van der Waals surface area contributed by atoms with Crippen molar-refractivity contribution in [1.82, 2.24) is 15.5 Å². The zero-order valence-electron chi connectivity index (χ0n) is 12.5. The van der Waals surface area contributed by atoms with Gasteiger partial charge in [-0.3, -0.25) is 10.1 Å². The lowest BCUT2D eigenvalue weighted by Crippen LogP contribution is -2.31. The summed E-state index contributed by atoms with van der Waals surface area (Å²) in [4.78, 5) is 23.3. The molecule has 0 radical (unpaired) electrons. The average Bonchev–Trinajstić information content (AvgIpc) is 2.91. The molecular weight excluding hydrogens is 318 g/mol. The minimum Gasteiger partial charge on any atom is -0.482 e. The Morgan fingerprint density at radius 3 is 3.00 bits per heavy atom. The summed E-state index contributed by atoms with van der Waals surface area (Å²) in [6.07, 6.45) is 0. The maximum absolute atomic E-state index is 12.0. The van der Waals surface area contributed by atoms with E-state index in [-0.39, 0.29) is 24.6 Å². The molecule has 1 aliphatic rings. The molecule has 1 aromatic carbocycles. The molecule has 2 aromatic rings. The lowest BCUT2D eigenvalue weighted by Gasteiger charge is -2.20. The van der Waals surface area contributed by atoms with E-state index in [0.717, 1.165) is 10.6 Å². The first-order valence-electron chi connectivity index (χ1n) is 6.95. The molecule has 3 amide bonds. The zero-order chi connectivity index (χ0) is 16.4. The second-order valence-corrected chi connectivity index (χ2v) is 6.22. The molecule has 0 unspecified atom stereocenters. The summed E-state index contributed by atoms with van der Waals surface area (Å²) in [5.41, 5.74) is 1.45. The van der Waals surface area contributed by atoms with Crippen LogP contribution in [0.3, 0.4) is 0 Å². The van der Waals surface area contributed by atoms with E-state index < -0.39 is 0 Å². The number of nitrogens with one attached hydrogen (secondary N) is 3. The maximum atomic E-state index is 12.0. The van der Waals surface area contributed by atoms with Crippen LogP contribution >= 0.6 is 11.3 Å². The van der Waals surface area contributed by atoms with Gasteiger partial charge in [0.25, 0.3) is 5.91 Å². The van der Waals surface area contributed by atoms with Crippen LogP contribution in [0, 0.1) is 6.92 Å². The van der Waals surface area contributed by atoms with Crippen LogP contribution in [0.1, 0.15) is 23.5 Å². The Bertz CT molecular complexity index is 761. The molecule has 2 heterocycles. The van der Waals surface area contributed by atoms with Gasteiger partial charge in [-0.05, 0) is 31.5 Å². The summed E-state index contributed by atoms with van der Waals surface area (Å²) in [6, 6.07) is 4.77. The molecular formula is C14H15N5O3S. The van der Waals surface area contributed by atoms with Crippen molar-refractivity contribution in [3.63, 3.8) is 0 Å². The van der Waals surface area contributed by atoms with Gasteiger partial charge in [-0.2, -0.15) is 0 Å². The van der Waals surface area contributed by atoms with Crippen LogP contribution in [0.2, 0.25) is 0 Å². The number of rotatable bonds is 3. The molecule has 1 aromatic heterocycles. The smallest absolute Gasteiger partial charge is 0.321 e. The van der Waals surface area contributed by atoms with Gasteiger partial charge in [0.2, 0.25) is 5.13 Å². The van der Waals surface area contributed by atoms with E-state index in [1.165, 1.54) is 11.3 Å². The zero-order valence-corrected chi connectivity index (χ0v) is 13.4. The third-order valence-corrected chi connectivity index (χ3v) is 3.98. The number of carbonyl (C=O) groups excluding carboxylic acids is 2. The number of aromatic nitrogens is 2. The maximum Gasteiger partial charge on any atom is 0.321 e. The quantitative estimate of drug-likeness (QED) is 0.797. The van der Waals surface area contributed by atoms with Crippen molar-refractivity contribution in [2.24, 2.45) is 0 Å². The molecule has 9 heteroatoms. The van der Waals surface area contributed by atoms with Gasteiger partial charge >= 0.3 is 6.03 Å². The van der Waals surface area contributed by atoms with Crippen LogP contribution in [-0.4, -0.2) is 28.7 Å². The van der Waals surface area contributed by atoms with Crippen molar-refractivity contribution in [1.29, 1.82) is 0 Å². The van der Waals surface area contributed by atoms with Crippen molar-refractivity contribution < 1.29 is 14.3 Å². The standard InChI is InChI=1S/C14H15N5O3S/c1-7(15-13(21)17-14-19-18-8(2)23-14)9-3-4-11-10(5-9)16-12(20)6-22-11/h3-5,7H,6H2,1-2H3,(H,16,20)(H2,15,17,19,21)/t7-/m1/s1. The summed E-state index contributed by atoms with van der Waals surface area (Å²) in [7, 11) is 0. The molecule has 0 fully saturated rings. The molecule has 0 saturated heterocycles. The Morgan fingerprint density at radius 2 is 2.26 bits per heavy atom. The van der Waals surface area contributed by atoms with Crippen molar-refractivity contribution in [3.8, 4) is 5.75 Å². The molecule has 0 saturated carbocycles. The highest BCUT2D eigenvalue weighted by Crippen LogP contribution is 2.30. The van der Waals surface area contributed by atoms with E-state index in [9.17, 15) is 9.59 Å². The molecule has 23 heavy (non-hydrogen) atoms. The van der Waals surface area contributed by atoms with Gasteiger partial charge in [0.15, 0.2) is 6.61 Å². The Labute approximate surface area is 136 Å². The largest absolute Gasteiger partial charge is 0.482 e. The normalized spacial score (nSPS) is 14.3. The van der Waals surface area contributed by atoms with E-state index in [1.54, 1.807) is 12.1 Å². The third-order valence-electron chi connectivity index (χ3n) is 3.23. The molecule has 0 spiro atoms. The van der Waals surface area contributed by atoms with E-state index in [2.05, 4.69) is 26.1 Å². The predicted molar refractivity (Wildman–Crippen MR) is 85.8 cm³/mol. The number of amides is 3. The van der Waals surface area contributed by atoms with Gasteiger partial charge in [-0.15, -0.1) is 10.2 Å². The number of hydrogen-bond acceptors (Lipinski definition) is 6. The fraction of sp³-hybridized carbons (Fsp3) is 0.286. The molecule has 3 N–H and O–H groups in total. The van der Waals surface area contributed by atoms with Crippen molar-refractivity contribution in [3.05, 3.63) is 28.8 Å². The Hall–Kier alpha value is -2.68. The first-order chi connectivity index (χ1) is 11.0. The topological polar surface area (TPSA) is 105 Å². The van der Waals surface area contributed by atoms with Crippen molar-refractivity contribution in [2.45, 2.75) is 19.9 Å². The highest BCUT2D eigenvalue weighted by molar-refractivity contribution is 7.15. The van der Waals surface area contributed by atoms with E-state index in [4.69, 9.17) is 4.74 Å². The number of urea groups is 1. The summed E-state index contributed by atoms with van der Waals surface area (Å²) >= 11 is 1.30. The van der Waals surface area contributed by atoms with Gasteiger partial charge in [0.1, 0.15) is 10.8 Å². The van der Waals surface area contributed by atoms with E-state index >= 15 is 0 Å². The molecule has 8 nitrogen and oxygen atoms in total. The number of carbonyl (C=O) groups is 2. The van der Waals surface area contributed by atoms with E-state index in [1.807, 2.05) is 19.9 Å². The SMILES string of the molecule is Cc1nnc(NC(=O)N[C@H](C)c2ccc3c(c2)NC(=O)CO3)s1. The number of nitrogens with zero attached hydrogens (tertiary/aromatic N) is 2. The fourth-order valence-electron chi connectivity index (χ4n) is 2.13. The lowest BCUT2D eigenvalue weighted by molar-refractivity contribution is -0.118. The van der Waals surface area contributed by atoms with Crippen LogP contribution < -0.4 is 20.7 Å². The van der Waals surface area contributed by atoms with Crippen molar-refractivity contribution in [2.75, 3.05) is 17.2 Å². The minimum absolute atomic E-state index is 0.0177. The van der Waals surface area contributed by atoms with Gasteiger partial charge in [-0.25, -0.2) is 4.79 Å². The van der Waals surface area contributed by atoms with Gasteiger partial charge in [-0.1, -0.05) is 17.4 Å². The summed E-state index contributed by atoms with van der Waals surface area (Å²) < 4.78 is 5.31.